The molecule has 0 saturated carbocycles. The van der Waals surface area contributed by atoms with Gasteiger partial charge in [0.15, 0.2) is 0 Å². The Morgan fingerprint density at radius 3 is 2.27 bits per heavy atom. The molecule has 3 N–H and O–H groups in total. The summed E-state index contributed by atoms with van der Waals surface area (Å²) < 4.78 is 5.95. The lowest BCUT2D eigenvalue weighted by molar-refractivity contribution is 0.452. The van der Waals surface area contributed by atoms with Crippen LogP contribution in [0.4, 0.5) is 0 Å². The first kappa shape index (κ1) is 20.7. The molecule has 0 atom stereocenters. The van der Waals surface area contributed by atoms with Gasteiger partial charge in [-0.2, -0.15) is 0 Å². The zero-order valence-corrected chi connectivity index (χ0v) is 16.8. The van der Waals surface area contributed by atoms with E-state index in [4.69, 9.17) is 4.42 Å². The molecule has 0 aliphatic rings. The first-order valence-electron chi connectivity index (χ1n) is 9.20. The van der Waals surface area contributed by atoms with Gasteiger partial charge in [0.25, 0.3) is 0 Å². The monoisotopic (exact) mass is 402 g/mol. The molecule has 5 nitrogen and oxygen atoms in total. The fourth-order valence-corrected chi connectivity index (χ4v) is 2.95. The number of allylic oxidation sites excluding steroid dienone is 4. The molecule has 0 aliphatic carbocycles. The largest absolute Gasteiger partial charge is 0.508 e. The summed E-state index contributed by atoms with van der Waals surface area (Å²) in [6, 6.07) is 7.17. The van der Waals surface area contributed by atoms with E-state index in [0.29, 0.717) is 11.1 Å². The molecule has 1 heterocycles. The highest BCUT2D eigenvalue weighted by Crippen LogP contribution is 2.34. The lowest BCUT2D eigenvalue weighted by Crippen LogP contribution is -2.08. The molecule has 0 unspecified atom stereocenters. The molecule has 30 heavy (non-hydrogen) atoms. The molecule has 2 aromatic carbocycles. The summed E-state index contributed by atoms with van der Waals surface area (Å²) in [5.74, 6) is -0.296. The summed E-state index contributed by atoms with van der Waals surface area (Å²) >= 11 is 0. The van der Waals surface area contributed by atoms with Crippen molar-refractivity contribution >= 4 is 23.1 Å². The molecule has 0 spiro atoms. The van der Waals surface area contributed by atoms with E-state index >= 15 is 0 Å². The third-order valence-corrected chi connectivity index (χ3v) is 4.37. The van der Waals surface area contributed by atoms with Crippen LogP contribution in [0.3, 0.4) is 0 Å². The second-order valence-corrected chi connectivity index (χ2v) is 7.14. The number of aromatic hydroxyl groups is 3. The van der Waals surface area contributed by atoms with Crippen LogP contribution in [-0.4, -0.2) is 15.3 Å². The Balaban J connectivity index is 2.35. The van der Waals surface area contributed by atoms with Crippen molar-refractivity contribution in [3.05, 3.63) is 88.1 Å². The maximum atomic E-state index is 13.2. The van der Waals surface area contributed by atoms with Crippen LogP contribution in [-0.2, 0) is 0 Å². The Kier molecular flexibility index (Phi) is 5.65. The maximum Gasteiger partial charge on any atom is 0.204 e. The van der Waals surface area contributed by atoms with Gasteiger partial charge in [-0.05, 0) is 38.1 Å². The van der Waals surface area contributed by atoms with Gasteiger partial charge in [0.05, 0.1) is 5.56 Å². The van der Waals surface area contributed by atoms with E-state index < -0.39 is 5.43 Å². The number of phenols is 3. The minimum Gasteiger partial charge on any atom is -0.508 e. The number of hydrogen-bond donors (Lipinski definition) is 3. The van der Waals surface area contributed by atoms with Crippen LogP contribution in [0, 0.1) is 0 Å². The Bertz CT molecular complexity index is 1290. The standard InChI is InChI=1S/C25H22O5/c1-14(2)5-7-16-11-17(8-10-20(16)27)25-19(9-6-15(3)4)24(29)23-21(28)12-18(26)13-22(23)30-25/h5-13,26-28H,1,3H2,2,4H3. The van der Waals surface area contributed by atoms with Crippen molar-refractivity contribution in [1.82, 2.24) is 0 Å². The fourth-order valence-electron chi connectivity index (χ4n) is 2.95. The SMILES string of the molecule is C=C(C)C=Cc1cc(-c2oc3cc(O)cc(O)c3c(=O)c2C=CC(=C)C)ccc1O. The van der Waals surface area contributed by atoms with E-state index in [0.717, 1.165) is 17.2 Å². The van der Waals surface area contributed by atoms with Gasteiger partial charge in [-0.15, -0.1) is 0 Å². The van der Waals surface area contributed by atoms with E-state index in [1.165, 1.54) is 12.1 Å². The van der Waals surface area contributed by atoms with Crippen LogP contribution in [0.5, 0.6) is 17.2 Å². The van der Waals surface area contributed by atoms with Gasteiger partial charge in [0.1, 0.15) is 34.0 Å². The molecule has 0 fully saturated rings. The van der Waals surface area contributed by atoms with Gasteiger partial charge in [-0.3, -0.25) is 4.79 Å². The molecule has 0 radical (unpaired) electrons. The van der Waals surface area contributed by atoms with Crippen LogP contribution >= 0.6 is 0 Å². The normalized spacial score (nSPS) is 11.5. The first-order chi connectivity index (χ1) is 14.2. The Morgan fingerprint density at radius 2 is 1.60 bits per heavy atom. The van der Waals surface area contributed by atoms with Crippen molar-refractivity contribution in [2.75, 3.05) is 0 Å². The highest BCUT2D eigenvalue weighted by atomic mass is 16.3. The predicted molar refractivity (Wildman–Crippen MR) is 121 cm³/mol. The Hall–Kier alpha value is -3.99. The van der Waals surface area contributed by atoms with Crippen LogP contribution in [0.25, 0.3) is 34.4 Å². The van der Waals surface area contributed by atoms with Gasteiger partial charge in [-0.1, -0.05) is 42.5 Å². The van der Waals surface area contributed by atoms with E-state index in [2.05, 4.69) is 13.2 Å². The van der Waals surface area contributed by atoms with Crippen LogP contribution in [0.15, 0.2) is 76.0 Å². The van der Waals surface area contributed by atoms with Gasteiger partial charge in [0.2, 0.25) is 5.43 Å². The van der Waals surface area contributed by atoms with E-state index in [9.17, 15) is 20.1 Å². The highest BCUT2D eigenvalue weighted by Gasteiger charge is 2.18. The Labute approximate surface area is 173 Å². The van der Waals surface area contributed by atoms with Crippen molar-refractivity contribution in [3.8, 4) is 28.6 Å². The molecule has 3 rings (SSSR count). The van der Waals surface area contributed by atoms with Crippen molar-refractivity contribution < 1.29 is 19.7 Å². The predicted octanol–water partition coefficient (Wildman–Crippen LogP) is 5.76. The number of hydrogen-bond acceptors (Lipinski definition) is 5. The fraction of sp³-hybridized carbons (Fsp3) is 0.0800. The van der Waals surface area contributed by atoms with Crippen molar-refractivity contribution in [3.63, 3.8) is 0 Å². The van der Waals surface area contributed by atoms with E-state index in [1.54, 1.807) is 43.4 Å². The van der Waals surface area contributed by atoms with Crippen molar-refractivity contribution in [1.29, 1.82) is 0 Å². The topological polar surface area (TPSA) is 90.9 Å². The molecule has 0 saturated heterocycles. The third kappa shape index (κ3) is 4.20. The lowest BCUT2D eigenvalue weighted by atomic mass is 10.0. The minimum atomic E-state index is -0.451. The lowest BCUT2D eigenvalue weighted by Gasteiger charge is -2.10. The van der Waals surface area contributed by atoms with Gasteiger partial charge in [0, 0.05) is 23.3 Å². The smallest absolute Gasteiger partial charge is 0.204 e. The first-order valence-corrected chi connectivity index (χ1v) is 9.20. The molecular formula is C25H22O5. The second kappa shape index (κ2) is 8.17. The third-order valence-electron chi connectivity index (χ3n) is 4.37. The minimum absolute atomic E-state index is 0.0286. The average molecular weight is 402 g/mol. The maximum absolute atomic E-state index is 13.2. The zero-order chi connectivity index (χ0) is 22.0. The van der Waals surface area contributed by atoms with Crippen LogP contribution in [0.2, 0.25) is 0 Å². The zero-order valence-electron chi connectivity index (χ0n) is 16.8. The van der Waals surface area contributed by atoms with Crippen LogP contribution in [0.1, 0.15) is 25.0 Å². The Morgan fingerprint density at radius 1 is 0.933 bits per heavy atom. The molecular weight excluding hydrogens is 380 g/mol. The van der Waals surface area contributed by atoms with Crippen molar-refractivity contribution in [2.24, 2.45) is 0 Å². The summed E-state index contributed by atoms with van der Waals surface area (Å²) in [5, 5.41) is 30.1. The number of phenolic OH excluding ortho intramolecular Hbond substituents is 3. The molecule has 0 bridgehead atoms. The van der Waals surface area contributed by atoms with Crippen LogP contribution < -0.4 is 5.43 Å². The highest BCUT2D eigenvalue weighted by molar-refractivity contribution is 5.89. The average Bonchev–Trinajstić information content (AvgIpc) is 2.65. The van der Waals surface area contributed by atoms with Gasteiger partial charge >= 0.3 is 0 Å². The quantitative estimate of drug-likeness (QED) is 0.472. The van der Waals surface area contributed by atoms with Crippen molar-refractivity contribution in [2.45, 2.75) is 13.8 Å². The summed E-state index contributed by atoms with van der Waals surface area (Å²) in [4.78, 5) is 13.2. The molecule has 0 amide bonds. The molecule has 3 aromatic rings. The van der Waals surface area contributed by atoms with Gasteiger partial charge in [-0.25, -0.2) is 0 Å². The summed E-state index contributed by atoms with van der Waals surface area (Å²) in [7, 11) is 0. The number of rotatable bonds is 5. The second-order valence-electron chi connectivity index (χ2n) is 7.14. The molecule has 0 aliphatic heterocycles. The van der Waals surface area contributed by atoms with E-state index in [1.807, 2.05) is 6.92 Å². The summed E-state index contributed by atoms with van der Waals surface area (Å²) in [6.45, 7) is 11.2. The van der Waals surface area contributed by atoms with Gasteiger partial charge < -0.3 is 19.7 Å². The molecule has 5 heteroatoms. The number of fused-ring (bicyclic) bond motifs is 1. The number of benzene rings is 2. The van der Waals surface area contributed by atoms with E-state index in [-0.39, 0.29) is 39.5 Å². The summed E-state index contributed by atoms with van der Waals surface area (Å²) in [5.41, 5.74) is 2.41. The molecule has 1 aromatic heterocycles. The molecule has 152 valence electrons. The summed E-state index contributed by atoms with van der Waals surface area (Å²) in [6.07, 6.45) is 6.71.